The minimum atomic E-state index is 0.649. The van der Waals surface area contributed by atoms with Crippen molar-refractivity contribution in [2.75, 3.05) is 0 Å². The summed E-state index contributed by atoms with van der Waals surface area (Å²) in [5, 5.41) is 0. The quantitative estimate of drug-likeness (QED) is 0.721. The van der Waals surface area contributed by atoms with Gasteiger partial charge in [0, 0.05) is 17.1 Å². The fourth-order valence-electron chi connectivity index (χ4n) is 2.26. The summed E-state index contributed by atoms with van der Waals surface area (Å²) in [5.74, 6) is 0.649. The lowest BCUT2D eigenvalue weighted by Gasteiger charge is -2.12. The van der Waals surface area contributed by atoms with Crippen LogP contribution < -0.4 is 0 Å². The number of hydrogen-bond donors (Lipinski definition) is 0. The highest BCUT2D eigenvalue weighted by molar-refractivity contribution is 5.40. The third-order valence-corrected chi connectivity index (χ3v) is 3.60. The number of nitrogens with zero attached hydrogens (tertiary/aromatic N) is 1. The molecule has 0 radical (unpaired) electrons. The van der Waals surface area contributed by atoms with Gasteiger partial charge in [0.05, 0.1) is 0 Å². The maximum Gasteiger partial charge on any atom is 0.0455 e. The lowest BCUT2D eigenvalue weighted by atomic mass is 9.98. The number of aromatic nitrogens is 1. The average molecular weight is 227 g/mol. The molecule has 1 aromatic heterocycles. The molecule has 2 rings (SSSR count). The Morgan fingerprint density at radius 3 is 1.94 bits per heavy atom. The summed E-state index contributed by atoms with van der Waals surface area (Å²) in [5.41, 5.74) is 5.27. The lowest BCUT2D eigenvalue weighted by Crippen LogP contribution is -1.99. The van der Waals surface area contributed by atoms with Gasteiger partial charge in [0.15, 0.2) is 0 Å². The number of aryl methyl sites for hydroxylation is 2. The van der Waals surface area contributed by atoms with E-state index < -0.39 is 0 Å². The minimum Gasteiger partial charge on any atom is -0.319 e. The van der Waals surface area contributed by atoms with Gasteiger partial charge in [-0.2, -0.15) is 0 Å². The maximum absolute atomic E-state index is 2.29. The van der Waals surface area contributed by atoms with Gasteiger partial charge in [0.25, 0.3) is 0 Å². The second-order valence-electron chi connectivity index (χ2n) is 4.85. The summed E-state index contributed by atoms with van der Waals surface area (Å²) in [7, 11) is 0. The molecule has 0 amide bonds. The molecule has 90 valence electrons. The molecule has 0 aliphatic rings. The molecule has 0 N–H and O–H groups in total. The predicted octanol–water partition coefficient (Wildman–Crippen LogP) is 4.61. The van der Waals surface area contributed by atoms with Crippen molar-refractivity contribution in [2.24, 2.45) is 0 Å². The van der Waals surface area contributed by atoms with E-state index in [-0.39, 0.29) is 0 Å². The van der Waals surface area contributed by atoms with Gasteiger partial charge in [0.1, 0.15) is 0 Å². The van der Waals surface area contributed by atoms with Gasteiger partial charge in [-0.05, 0) is 56.0 Å². The van der Waals surface area contributed by atoms with Crippen LogP contribution in [0, 0.1) is 13.8 Å². The van der Waals surface area contributed by atoms with Crippen LogP contribution in [0.1, 0.15) is 43.1 Å². The van der Waals surface area contributed by atoms with Crippen LogP contribution in [0.5, 0.6) is 0 Å². The molecule has 0 spiro atoms. The van der Waals surface area contributed by atoms with Crippen LogP contribution in [0.25, 0.3) is 5.69 Å². The molecule has 17 heavy (non-hydrogen) atoms. The molecule has 1 nitrogen and oxygen atoms in total. The van der Waals surface area contributed by atoms with Crippen molar-refractivity contribution in [3.05, 3.63) is 53.3 Å². The van der Waals surface area contributed by atoms with Gasteiger partial charge in [-0.3, -0.25) is 0 Å². The first-order valence-corrected chi connectivity index (χ1v) is 6.38. The van der Waals surface area contributed by atoms with Crippen molar-refractivity contribution in [3.63, 3.8) is 0 Å². The lowest BCUT2D eigenvalue weighted by molar-refractivity contribution is 0.733. The molecule has 1 atom stereocenters. The van der Waals surface area contributed by atoms with E-state index >= 15 is 0 Å². The second kappa shape index (κ2) is 4.79. The largest absolute Gasteiger partial charge is 0.319 e. The van der Waals surface area contributed by atoms with Gasteiger partial charge in [-0.25, -0.2) is 0 Å². The summed E-state index contributed by atoms with van der Waals surface area (Å²) in [6, 6.07) is 13.3. The maximum atomic E-state index is 2.29. The monoisotopic (exact) mass is 227 g/mol. The Kier molecular flexibility index (Phi) is 3.37. The molecule has 0 bridgehead atoms. The predicted molar refractivity (Wildman–Crippen MR) is 73.9 cm³/mol. The fourth-order valence-corrected chi connectivity index (χ4v) is 2.26. The average Bonchev–Trinajstić information content (AvgIpc) is 2.68. The van der Waals surface area contributed by atoms with E-state index in [1.165, 1.54) is 29.1 Å². The van der Waals surface area contributed by atoms with Gasteiger partial charge in [-0.15, -0.1) is 0 Å². The molecule has 0 saturated heterocycles. The highest BCUT2D eigenvalue weighted by Gasteiger charge is 2.05. The van der Waals surface area contributed by atoms with Crippen LogP contribution in [-0.2, 0) is 0 Å². The molecule has 1 heterocycles. The van der Waals surface area contributed by atoms with Crippen molar-refractivity contribution < 1.29 is 0 Å². The van der Waals surface area contributed by atoms with E-state index in [4.69, 9.17) is 0 Å². The van der Waals surface area contributed by atoms with Crippen LogP contribution in [0.4, 0.5) is 0 Å². The van der Waals surface area contributed by atoms with E-state index in [1.807, 2.05) is 0 Å². The SMILES string of the molecule is CC[C@@H](C)c1ccc(-n2c(C)ccc2C)cc1. The minimum absolute atomic E-state index is 0.649. The van der Waals surface area contributed by atoms with Crippen LogP contribution in [0.2, 0.25) is 0 Å². The molecular formula is C16H21N. The van der Waals surface area contributed by atoms with Crippen LogP contribution in [0.15, 0.2) is 36.4 Å². The van der Waals surface area contributed by atoms with Gasteiger partial charge in [0.2, 0.25) is 0 Å². The van der Waals surface area contributed by atoms with Gasteiger partial charge in [-0.1, -0.05) is 26.0 Å². The zero-order valence-corrected chi connectivity index (χ0v) is 11.2. The Balaban J connectivity index is 2.36. The Hall–Kier alpha value is -1.50. The van der Waals surface area contributed by atoms with Crippen molar-refractivity contribution in [2.45, 2.75) is 40.0 Å². The van der Waals surface area contributed by atoms with Crippen molar-refractivity contribution >= 4 is 0 Å². The zero-order chi connectivity index (χ0) is 12.4. The first-order chi connectivity index (χ1) is 8.13. The first-order valence-electron chi connectivity index (χ1n) is 6.38. The first kappa shape index (κ1) is 12.0. The molecule has 0 aliphatic heterocycles. The smallest absolute Gasteiger partial charge is 0.0455 e. The fraction of sp³-hybridized carbons (Fsp3) is 0.375. The Morgan fingerprint density at radius 2 is 1.47 bits per heavy atom. The third-order valence-electron chi connectivity index (χ3n) is 3.60. The molecule has 1 aromatic carbocycles. The summed E-state index contributed by atoms with van der Waals surface area (Å²) in [6.45, 7) is 8.81. The molecule has 0 saturated carbocycles. The van der Waals surface area contributed by atoms with Crippen LogP contribution in [-0.4, -0.2) is 4.57 Å². The standard InChI is InChI=1S/C16H21N/c1-5-12(2)15-8-10-16(11-9-15)17-13(3)6-7-14(17)4/h6-12H,5H2,1-4H3/t12-/m1/s1. The molecule has 2 aromatic rings. The highest BCUT2D eigenvalue weighted by atomic mass is 15.0. The zero-order valence-electron chi connectivity index (χ0n) is 11.2. The Morgan fingerprint density at radius 1 is 0.941 bits per heavy atom. The van der Waals surface area contributed by atoms with Crippen LogP contribution >= 0.6 is 0 Å². The summed E-state index contributed by atoms with van der Waals surface area (Å²) in [4.78, 5) is 0. The van der Waals surface area contributed by atoms with Crippen molar-refractivity contribution in [1.82, 2.24) is 4.57 Å². The molecule has 0 fully saturated rings. The second-order valence-corrected chi connectivity index (χ2v) is 4.85. The van der Waals surface area contributed by atoms with E-state index in [0.29, 0.717) is 5.92 Å². The summed E-state index contributed by atoms with van der Waals surface area (Å²) >= 11 is 0. The number of benzene rings is 1. The highest BCUT2D eigenvalue weighted by Crippen LogP contribution is 2.22. The normalized spacial score (nSPS) is 12.7. The Labute approximate surface area is 104 Å². The number of rotatable bonds is 3. The van der Waals surface area contributed by atoms with Gasteiger partial charge < -0.3 is 4.57 Å². The topological polar surface area (TPSA) is 4.93 Å². The van der Waals surface area contributed by atoms with E-state index in [1.54, 1.807) is 0 Å². The third kappa shape index (κ3) is 2.28. The van der Waals surface area contributed by atoms with E-state index in [9.17, 15) is 0 Å². The summed E-state index contributed by atoms with van der Waals surface area (Å²) < 4.78 is 2.29. The van der Waals surface area contributed by atoms with Crippen molar-refractivity contribution in [3.8, 4) is 5.69 Å². The van der Waals surface area contributed by atoms with Crippen LogP contribution in [0.3, 0.4) is 0 Å². The number of hydrogen-bond acceptors (Lipinski definition) is 0. The van der Waals surface area contributed by atoms with E-state index in [0.717, 1.165) is 0 Å². The molecule has 0 aliphatic carbocycles. The molecule has 1 heteroatoms. The Bertz CT molecular complexity index is 471. The summed E-state index contributed by atoms with van der Waals surface area (Å²) in [6.07, 6.45) is 1.20. The molecule has 0 unspecified atom stereocenters. The molecular weight excluding hydrogens is 206 g/mol. The van der Waals surface area contributed by atoms with Crippen molar-refractivity contribution in [1.29, 1.82) is 0 Å². The van der Waals surface area contributed by atoms with E-state index in [2.05, 4.69) is 68.7 Å². The van der Waals surface area contributed by atoms with Gasteiger partial charge >= 0.3 is 0 Å².